The lowest BCUT2D eigenvalue weighted by molar-refractivity contribution is -0.119. The Kier molecular flexibility index (Phi) is 4.86. The molecule has 10 nitrogen and oxygen atoms in total. The van der Waals surface area contributed by atoms with Crippen molar-refractivity contribution in [2.24, 2.45) is 5.73 Å². The minimum absolute atomic E-state index is 0.0556. The maximum Gasteiger partial charge on any atom is 0.416 e. The molecule has 1 saturated heterocycles. The zero-order chi connectivity index (χ0) is 21.4. The summed E-state index contributed by atoms with van der Waals surface area (Å²) in [5.41, 5.74) is 5.47. The Labute approximate surface area is 168 Å². The second-order valence-electron chi connectivity index (χ2n) is 6.48. The number of primary amides is 1. The van der Waals surface area contributed by atoms with Gasteiger partial charge in [-0.2, -0.15) is 5.26 Å². The number of carbonyl (C=O) groups excluding carboxylic acids is 2. The standard InChI is InChI=1S/C18H15F2N5O5/c19-15(20)12-7-30-18(27)25(12)17-11(6-21)24-3-4-28-13-5-9(29-8-14(22)26)1-2-10(13)16(24)23-17/h1-2,5,12,15H,3-4,7-8H2,(H2,22,26). The fraction of sp³-hybridized carbons (Fsp3) is 0.333. The van der Waals surface area contributed by atoms with Crippen LogP contribution < -0.4 is 20.1 Å². The van der Waals surface area contributed by atoms with Gasteiger partial charge in [-0.25, -0.2) is 23.5 Å². The van der Waals surface area contributed by atoms with E-state index in [-0.39, 0.29) is 37.1 Å². The van der Waals surface area contributed by atoms with Gasteiger partial charge in [-0.3, -0.25) is 4.79 Å². The SMILES string of the molecule is N#Cc1c(N2C(=O)OCC2C(F)F)nc2n1CCOc1cc(OCC(N)=O)ccc1-2. The van der Waals surface area contributed by atoms with Crippen LogP contribution in [0.25, 0.3) is 11.4 Å². The third-order valence-electron chi connectivity index (χ3n) is 4.63. The highest BCUT2D eigenvalue weighted by molar-refractivity contribution is 5.91. The van der Waals surface area contributed by atoms with Crippen LogP contribution >= 0.6 is 0 Å². The molecule has 1 fully saturated rings. The highest BCUT2D eigenvalue weighted by atomic mass is 19.3. The van der Waals surface area contributed by atoms with Crippen molar-refractivity contribution in [1.29, 1.82) is 5.26 Å². The van der Waals surface area contributed by atoms with Crippen LogP contribution in [0, 0.1) is 11.3 Å². The number of amides is 2. The van der Waals surface area contributed by atoms with Crippen LogP contribution in [0.1, 0.15) is 5.69 Å². The van der Waals surface area contributed by atoms with Gasteiger partial charge in [0.15, 0.2) is 18.1 Å². The zero-order valence-corrected chi connectivity index (χ0v) is 15.4. The fourth-order valence-electron chi connectivity index (χ4n) is 3.30. The second-order valence-corrected chi connectivity index (χ2v) is 6.48. The number of fused-ring (bicyclic) bond motifs is 3. The number of carbonyl (C=O) groups is 2. The van der Waals surface area contributed by atoms with Crippen molar-refractivity contribution < 1.29 is 32.6 Å². The van der Waals surface area contributed by atoms with Gasteiger partial charge in [0.2, 0.25) is 0 Å². The molecule has 0 spiro atoms. The Morgan fingerprint density at radius 1 is 1.43 bits per heavy atom. The predicted molar refractivity (Wildman–Crippen MR) is 96.2 cm³/mol. The van der Waals surface area contributed by atoms with Crippen LogP contribution in [-0.4, -0.2) is 53.8 Å². The number of aromatic nitrogens is 2. The number of halogens is 2. The Bertz CT molecular complexity index is 1060. The molecule has 0 bridgehead atoms. The summed E-state index contributed by atoms with van der Waals surface area (Å²) in [6.07, 6.45) is -3.86. The van der Waals surface area contributed by atoms with Crippen LogP contribution in [-0.2, 0) is 16.1 Å². The lowest BCUT2D eigenvalue weighted by atomic mass is 10.2. The minimum Gasteiger partial charge on any atom is -0.491 e. The van der Waals surface area contributed by atoms with Gasteiger partial charge in [0.25, 0.3) is 12.3 Å². The largest absolute Gasteiger partial charge is 0.491 e. The molecule has 1 unspecified atom stereocenters. The Balaban J connectivity index is 1.79. The number of hydrogen-bond donors (Lipinski definition) is 1. The maximum absolute atomic E-state index is 13.4. The van der Waals surface area contributed by atoms with Gasteiger partial charge >= 0.3 is 6.09 Å². The van der Waals surface area contributed by atoms with Gasteiger partial charge in [-0.05, 0) is 12.1 Å². The highest BCUT2D eigenvalue weighted by Crippen LogP contribution is 2.39. The molecular weight excluding hydrogens is 404 g/mol. The van der Waals surface area contributed by atoms with E-state index in [2.05, 4.69) is 4.98 Å². The maximum atomic E-state index is 13.4. The summed E-state index contributed by atoms with van der Waals surface area (Å²) in [7, 11) is 0. The first-order valence-corrected chi connectivity index (χ1v) is 8.83. The number of ether oxygens (including phenoxy) is 3. The van der Waals surface area contributed by atoms with E-state index in [0.717, 1.165) is 4.90 Å². The average Bonchev–Trinajstić information content (AvgIpc) is 3.21. The van der Waals surface area contributed by atoms with E-state index < -0.39 is 31.1 Å². The summed E-state index contributed by atoms with van der Waals surface area (Å²) in [5.74, 6) is 0.113. The summed E-state index contributed by atoms with van der Waals surface area (Å²) in [6, 6.07) is 5.07. The van der Waals surface area contributed by atoms with Crippen molar-refractivity contribution in [3.8, 4) is 29.0 Å². The molecule has 0 aliphatic carbocycles. The summed E-state index contributed by atoms with van der Waals surface area (Å²) >= 11 is 0. The first kappa shape index (κ1) is 19.4. The quantitative estimate of drug-likeness (QED) is 0.772. The van der Waals surface area contributed by atoms with Crippen molar-refractivity contribution in [3.05, 3.63) is 23.9 Å². The molecule has 0 radical (unpaired) electrons. The average molecular weight is 419 g/mol. The van der Waals surface area contributed by atoms with Gasteiger partial charge in [-0.15, -0.1) is 0 Å². The first-order chi connectivity index (χ1) is 14.4. The van der Waals surface area contributed by atoms with Crippen LogP contribution in [0.2, 0.25) is 0 Å². The third-order valence-corrected chi connectivity index (χ3v) is 4.63. The van der Waals surface area contributed by atoms with Gasteiger partial charge in [0, 0.05) is 6.07 Å². The number of rotatable bonds is 5. The Morgan fingerprint density at radius 2 is 2.23 bits per heavy atom. The summed E-state index contributed by atoms with van der Waals surface area (Å²) in [5, 5.41) is 9.66. The number of imidazole rings is 1. The number of anilines is 1. The Hall–Kier alpha value is -3.88. The number of benzene rings is 1. The van der Waals surface area contributed by atoms with Crippen LogP contribution in [0.4, 0.5) is 19.4 Å². The zero-order valence-electron chi connectivity index (χ0n) is 15.4. The first-order valence-electron chi connectivity index (χ1n) is 8.83. The molecule has 12 heteroatoms. The molecule has 1 atom stereocenters. The number of hydrogen-bond acceptors (Lipinski definition) is 7. The van der Waals surface area contributed by atoms with E-state index in [1.807, 2.05) is 6.07 Å². The monoisotopic (exact) mass is 419 g/mol. The lowest BCUT2D eigenvalue weighted by Crippen LogP contribution is -2.39. The molecule has 2 aliphatic heterocycles. The third kappa shape index (κ3) is 3.24. The smallest absolute Gasteiger partial charge is 0.416 e. The van der Waals surface area contributed by atoms with Crippen molar-refractivity contribution in [1.82, 2.24) is 9.55 Å². The van der Waals surface area contributed by atoms with Gasteiger partial charge in [0.1, 0.15) is 42.6 Å². The molecule has 3 heterocycles. The molecule has 1 aromatic heterocycles. The van der Waals surface area contributed by atoms with Crippen molar-refractivity contribution >= 4 is 17.8 Å². The number of nitriles is 1. The highest BCUT2D eigenvalue weighted by Gasteiger charge is 2.43. The molecular formula is C18H15F2N5O5. The normalized spacial score (nSPS) is 17.5. The summed E-state index contributed by atoms with van der Waals surface area (Å²) in [6.45, 7) is -0.474. The van der Waals surface area contributed by atoms with Crippen molar-refractivity contribution in [2.75, 3.05) is 24.7 Å². The number of nitrogens with two attached hydrogens (primary N) is 1. The van der Waals surface area contributed by atoms with E-state index in [1.165, 1.54) is 10.6 Å². The second kappa shape index (κ2) is 7.51. The van der Waals surface area contributed by atoms with E-state index in [1.54, 1.807) is 12.1 Å². The van der Waals surface area contributed by atoms with Gasteiger partial charge < -0.3 is 24.5 Å². The number of cyclic esters (lactones) is 1. The Morgan fingerprint density at radius 3 is 2.93 bits per heavy atom. The molecule has 1 aromatic carbocycles. The molecule has 2 N–H and O–H groups in total. The predicted octanol–water partition coefficient (Wildman–Crippen LogP) is 1.27. The van der Waals surface area contributed by atoms with Crippen LogP contribution in [0.3, 0.4) is 0 Å². The fourth-order valence-corrected chi connectivity index (χ4v) is 3.30. The molecule has 2 aromatic rings. The molecule has 2 amide bonds. The molecule has 156 valence electrons. The van der Waals surface area contributed by atoms with Gasteiger partial charge in [0.05, 0.1) is 12.1 Å². The molecule has 0 saturated carbocycles. The van der Waals surface area contributed by atoms with Crippen LogP contribution in [0.5, 0.6) is 11.5 Å². The summed E-state index contributed by atoms with van der Waals surface area (Å²) < 4.78 is 44.0. The van der Waals surface area contributed by atoms with Gasteiger partial charge in [-0.1, -0.05) is 0 Å². The molecule has 2 aliphatic rings. The topological polar surface area (TPSA) is 133 Å². The number of nitrogens with zero attached hydrogens (tertiary/aromatic N) is 4. The van der Waals surface area contributed by atoms with Crippen molar-refractivity contribution in [3.63, 3.8) is 0 Å². The van der Waals surface area contributed by atoms with E-state index in [0.29, 0.717) is 17.1 Å². The van der Waals surface area contributed by atoms with Crippen LogP contribution in [0.15, 0.2) is 18.2 Å². The molecule has 4 rings (SSSR count). The van der Waals surface area contributed by atoms with Crippen molar-refractivity contribution in [2.45, 2.75) is 19.0 Å². The lowest BCUT2D eigenvalue weighted by Gasteiger charge is -2.18. The summed E-state index contributed by atoms with van der Waals surface area (Å²) in [4.78, 5) is 28.0. The number of alkyl halides is 2. The minimum atomic E-state index is -2.87. The molecule has 30 heavy (non-hydrogen) atoms. The van der Waals surface area contributed by atoms with E-state index in [9.17, 15) is 23.6 Å². The van der Waals surface area contributed by atoms with E-state index >= 15 is 0 Å². The van der Waals surface area contributed by atoms with E-state index in [4.69, 9.17) is 19.9 Å².